The van der Waals surface area contributed by atoms with E-state index in [9.17, 15) is 0 Å². The summed E-state index contributed by atoms with van der Waals surface area (Å²) < 4.78 is 8.14. The molecular formula is C13H14BrN3O. The Labute approximate surface area is 114 Å². The average molecular weight is 308 g/mol. The normalized spacial score (nSPS) is 10.1. The molecule has 1 N–H and O–H groups in total. The van der Waals surface area contributed by atoms with E-state index in [2.05, 4.69) is 32.8 Å². The molecule has 0 atom stereocenters. The molecule has 0 aliphatic heterocycles. The van der Waals surface area contributed by atoms with Gasteiger partial charge in [-0.1, -0.05) is 22.0 Å². The first-order valence-corrected chi connectivity index (χ1v) is 6.26. The van der Waals surface area contributed by atoms with Crippen LogP contribution in [0, 0.1) is 0 Å². The highest BCUT2D eigenvalue weighted by Crippen LogP contribution is 2.26. The molecule has 0 aliphatic rings. The molecule has 1 aromatic heterocycles. The Morgan fingerprint density at radius 2 is 2.33 bits per heavy atom. The first kappa shape index (κ1) is 12.7. The van der Waals surface area contributed by atoms with Crippen LogP contribution in [0.1, 0.15) is 0 Å². The van der Waals surface area contributed by atoms with Gasteiger partial charge >= 0.3 is 0 Å². The van der Waals surface area contributed by atoms with Crippen LogP contribution in [0.25, 0.3) is 0 Å². The molecule has 0 unspecified atom stereocenters. The molecular weight excluding hydrogens is 294 g/mol. The maximum atomic E-state index is 5.22. The number of allylic oxidation sites excluding steroid dienone is 1. The summed E-state index contributed by atoms with van der Waals surface area (Å²) in [6.45, 7) is 4.44. The Balaban J connectivity index is 2.25. The van der Waals surface area contributed by atoms with Gasteiger partial charge < -0.3 is 14.6 Å². The lowest BCUT2D eigenvalue weighted by Gasteiger charge is -2.10. The third-order valence-electron chi connectivity index (χ3n) is 2.40. The Hall–Kier alpha value is -1.75. The topological polar surface area (TPSA) is 39.1 Å². The first-order chi connectivity index (χ1) is 8.72. The number of imidazole rings is 1. The number of methoxy groups -OCH3 is 1. The summed E-state index contributed by atoms with van der Waals surface area (Å²) in [6, 6.07) is 5.79. The second-order valence-corrected chi connectivity index (χ2v) is 4.61. The maximum Gasteiger partial charge on any atom is 0.207 e. The summed E-state index contributed by atoms with van der Waals surface area (Å²) in [7, 11) is 1.64. The molecule has 0 fully saturated rings. The standard InChI is InChI=1S/C13H14BrN3O/c1-3-5-17-6-4-15-13(17)16-11-7-10(14)8-12(9-11)18-2/h3-4,6-9H,1,5H2,2H3,(H,15,16). The first-order valence-electron chi connectivity index (χ1n) is 5.46. The molecule has 0 aliphatic carbocycles. The molecule has 0 radical (unpaired) electrons. The fourth-order valence-corrected chi connectivity index (χ4v) is 2.07. The van der Waals surface area contributed by atoms with Crippen LogP contribution in [0.3, 0.4) is 0 Å². The van der Waals surface area contributed by atoms with E-state index in [-0.39, 0.29) is 0 Å². The van der Waals surface area contributed by atoms with Crippen LogP contribution in [0.5, 0.6) is 5.75 Å². The number of nitrogens with one attached hydrogen (secondary N) is 1. The molecule has 0 spiro atoms. The van der Waals surface area contributed by atoms with Crippen molar-refractivity contribution in [3.8, 4) is 5.75 Å². The van der Waals surface area contributed by atoms with Crippen molar-refractivity contribution in [3.63, 3.8) is 0 Å². The Kier molecular flexibility index (Phi) is 4.04. The second kappa shape index (κ2) is 5.73. The highest BCUT2D eigenvalue weighted by atomic mass is 79.9. The molecule has 1 heterocycles. The summed E-state index contributed by atoms with van der Waals surface area (Å²) in [6.07, 6.45) is 5.48. The summed E-state index contributed by atoms with van der Waals surface area (Å²) in [5.74, 6) is 1.56. The van der Waals surface area contributed by atoms with Gasteiger partial charge in [0, 0.05) is 35.2 Å². The van der Waals surface area contributed by atoms with Crippen molar-refractivity contribution >= 4 is 27.6 Å². The largest absolute Gasteiger partial charge is 0.497 e. The van der Waals surface area contributed by atoms with Crippen molar-refractivity contribution in [1.82, 2.24) is 9.55 Å². The highest BCUT2D eigenvalue weighted by molar-refractivity contribution is 9.10. The third-order valence-corrected chi connectivity index (χ3v) is 2.86. The number of hydrogen-bond acceptors (Lipinski definition) is 3. The number of hydrogen-bond donors (Lipinski definition) is 1. The summed E-state index contributed by atoms with van der Waals surface area (Å²) in [5.41, 5.74) is 0.915. The van der Waals surface area contributed by atoms with Crippen LogP contribution in [0.4, 0.5) is 11.6 Å². The predicted octanol–water partition coefficient (Wildman–Crippen LogP) is 3.58. The van der Waals surface area contributed by atoms with E-state index >= 15 is 0 Å². The average Bonchev–Trinajstić information content (AvgIpc) is 2.76. The van der Waals surface area contributed by atoms with E-state index in [0.29, 0.717) is 6.54 Å². The van der Waals surface area contributed by atoms with E-state index in [1.165, 1.54) is 0 Å². The summed E-state index contributed by atoms with van der Waals surface area (Å²) in [4.78, 5) is 4.26. The fourth-order valence-electron chi connectivity index (χ4n) is 1.60. The number of anilines is 2. The molecule has 2 rings (SSSR count). The van der Waals surface area contributed by atoms with Crippen molar-refractivity contribution in [3.05, 3.63) is 47.7 Å². The van der Waals surface area contributed by atoms with Crippen LogP contribution in [0.15, 0.2) is 47.7 Å². The van der Waals surface area contributed by atoms with E-state index in [0.717, 1.165) is 21.9 Å². The van der Waals surface area contributed by atoms with Gasteiger partial charge in [0.2, 0.25) is 5.95 Å². The minimum absolute atomic E-state index is 0.716. The Morgan fingerprint density at radius 1 is 1.50 bits per heavy atom. The molecule has 4 nitrogen and oxygen atoms in total. The number of rotatable bonds is 5. The fraction of sp³-hybridized carbons (Fsp3) is 0.154. The number of ether oxygens (including phenoxy) is 1. The summed E-state index contributed by atoms with van der Waals surface area (Å²) in [5, 5.41) is 3.25. The van der Waals surface area contributed by atoms with Crippen LogP contribution < -0.4 is 10.1 Å². The number of aromatic nitrogens is 2. The van der Waals surface area contributed by atoms with Gasteiger partial charge in [0.25, 0.3) is 0 Å². The number of benzene rings is 1. The van der Waals surface area contributed by atoms with E-state index in [4.69, 9.17) is 4.74 Å². The zero-order valence-corrected chi connectivity index (χ0v) is 11.6. The molecule has 0 saturated carbocycles. The molecule has 2 aromatic rings. The van der Waals surface area contributed by atoms with E-state index in [1.54, 1.807) is 13.3 Å². The van der Waals surface area contributed by atoms with E-state index in [1.807, 2.05) is 35.0 Å². The summed E-state index contributed by atoms with van der Waals surface area (Å²) >= 11 is 3.44. The van der Waals surface area contributed by atoms with Crippen LogP contribution in [-0.2, 0) is 6.54 Å². The third kappa shape index (κ3) is 2.92. The molecule has 5 heteroatoms. The quantitative estimate of drug-likeness (QED) is 0.858. The Morgan fingerprint density at radius 3 is 3.06 bits per heavy atom. The van der Waals surface area contributed by atoms with Gasteiger partial charge in [-0.05, 0) is 12.1 Å². The zero-order chi connectivity index (χ0) is 13.0. The minimum atomic E-state index is 0.716. The van der Waals surface area contributed by atoms with E-state index < -0.39 is 0 Å². The van der Waals surface area contributed by atoms with Crippen LogP contribution in [0.2, 0.25) is 0 Å². The van der Waals surface area contributed by atoms with Crippen molar-refractivity contribution in [2.24, 2.45) is 0 Å². The van der Waals surface area contributed by atoms with Crippen molar-refractivity contribution in [1.29, 1.82) is 0 Å². The lowest BCUT2D eigenvalue weighted by atomic mass is 10.3. The van der Waals surface area contributed by atoms with Crippen molar-refractivity contribution in [2.45, 2.75) is 6.54 Å². The highest BCUT2D eigenvalue weighted by Gasteiger charge is 2.04. The molecule has 0 bridgehead atoms. The van der Waals surface area contributed by atoms with Gasteiger partial charge in [0.15, 0.2) is 0 Å². The number of nitrogens with zero attached hydrogens (tertiary/aromatic N) is 2. The van der Waals surface area contributed by atoms with Crippen LogP contribution in [-0.4, -0.2) is 16.7 Å². The molecule has 1 aromatic carbocycles. The van der Waals surface area contributed by atoms with Crippen molar-refractivity contribution < 1.29 is 4.74 Å². The van der Waals surface area contributed by atoms with Crippen LogP contribution >= 0.6 is 15.9 Å². The monoisotopic (exact) mass is 307 g/mol. The lowest BCUT2D eigenvalue weighted by molar-refractivity contribution is 0.415. The van der Waals surface area contributed by atoms with Gasteiger partial charge in [0.1, 0.15) is 5.75 Å². The predicted molar refractivity (Wildman–Crippen MR) is 76.4 cm³/mol. The second-order valence-electron chi connectivity index (χ2n) is 3.70. The number of halogens is 1. The SMILES string of the molecule is C=CCn1ccnc1Nc1cc(Br)cc(OC)c1. The molecule has 0 saturated heterocycles. The minimum Gasteiger partial charge on any atom is -0.497 e. The van der Waals surface area contributed by atoms with Crippen molar-refractivity contribution in [2.75, 3.05) is 12.4 Å². The molecule has 0 amide bonds. The molecule has 94 valence electrons. The Bertz CT molecular complexity index is 551. The van der Waals surface area contributed by atoms with Gasteiger partial charge in [0.05, 0.1) is 7.11 Å². The van der Waals surface area contributed by atoms with Gasteiger partial charge in [-0.3, -0.25) is 0 Å². The van der Waals surface area contributed by atoms with Gasteiger partial charge in [-0.15, -0.1) is 6.58 Å². The smallest absolute Gasteiger partial charge is 0.207 e. The zero-order valence-electron chi connectivity index (χ0n) is 10.1. The lowest BCUT2D eigenvalue weighted by Crippen LogP contribution is -2.02. The molecule has 18 heavy (non-hydrogen) atoms. The van der Waals surface area contributed by atoms with Gasteiger partial charge in [-0.2, -0.15) is 0 Å². The maximum absolute atomic E-state index is 5.22. The van der Waals surface area contributed by atoms with Gasteiger partial charge in [-0.25, -0.2) is 4.98 Å².